The van der Waals surface area contributed by atoms with E-state index in [1.165, 1.54) is 42.5 Å². The number of hydrogen-bond acceptors (Lipinski definition) is 2. The molecule has 0 atom stereocenters. The summed E-state index contributed by atoms with van der Waals surface area (Å²) in [4.78, 5) is 0. The minimum atomic E-state index is 0.266. The molecule has 0 heterocycles. The fraction of sp³-hybridized carbons (Fsp3) is 0.538. The van der Waals surface area contributed by atoms with E-state index in [0.29, 0.717) is 0 Å². The van der Waals surface area contributed by atoms with E-state index in [1.54, 1.807) is 0 Å². The van der Waals surface area contributed by atoms with Crippen LogP contribution in [0, 0.1) is 0 Å². The van der Waals surface area contributed by atoms with E-state index >= 15 is 0 Å². The summed E-state index contributed by atoms with van der Waals surface area (Å²) in [6.07, 6.45) is 5.89. The Hall–Kier alpha value is -1.02. The Bertz CT molecular complexity index is 322. The molecular formula is C13H19NO. The van der Waals surface area contributed by atoms with Crippen molar-refractivity contribution in [3.8, 4) is 0 Å². The molecule has 0 spiro atoms. The van der Waals surface area contributed by atoms with Crippen LogP contribution in [0.4, 0.5) is 5.69 Å². The highest BCUT2D eigenvalue weighted by Crippen LogP contribution is 2.27. The molecular weight excluding hydrogens is 186 g/mol. The lowest BCUT2D eigenvalue weighted by Gasteiger charge is -2.20. The fourth-order valence-electron chi connectivity index (χ4n) is 2.25. The van der Waals surface area contributed by atoms with Crippen LogP contribution in [-0.4, -0.2) is 18.3 Å². The summed E-state index contributed by atoms with van der Waals surface area (Å²) in [5, 5.41) is 12.2. The SMILES string of the molecule is OCCCNc1cccc2c1CCCC2. The first-order chi connectivity index (χ1) is 7.42. The van der Waals surface area contributed by atoms with E-state index in [9.17, 15) is 0 Å². The van der Waals surface area contributed by atoms with Gasteiger partial charge in [0.2, 0.25) is 0 Å². The number of aryl methyl sites for hydroxylation is 1. The second kappa shape index (κ2) is 5.17. The van der Waals surface area contributed by atoms with E-state index in [-0.39, 0.29) is 6.61 Å². The Morgan fingerprint density at radius 2 is 2.07 bits per heavy atom. The van der Waals surface area contributed by atoms with Gasteiger partial charge in [0, 0.05) is 18.8 Å². The van der Waals surface area contributed by atoms with Gasteiger partial charge in [-0.1, -0.05) is 12.1 Å². The normalized spacial score (nSPS) is 14.7. The molecule has 1 aromatic carbocycles. The van der Waals surface area contributed by atoms with Crippen LogP contribution in [0.1, 0.15) is 30.4 Å². The van der Waals surface area contributed by atoms with Crippen LogP contribution in [0.15, 0.2) is 18.2 Å². The molecule has 82 valence electrons. The van der Waals surface area contributed by atoms with Gasteiger partial charge in [0.05, 0.1) is 0 Å². The zero-order valence-electron chi connectivity index (χ0n) is 9.13. The number of benzene rings is 1. The van der Waals surface area contributed by atoms with Crippen molar-refractivity contribution in [2.24, 2.45) is 0 Å². The molecule has 2 nitrogen and oxygen atoms in total. The maximum atomic E-state index is 8.74. The van der Waals surface area contributed by atoms with Crippen molar-refractivity contribution in [3.05, 3.63) is 29.3 Å². The van der Waals surface area contributed by atoms with E-state index in [0.717, 1.165) is 13.0 Å². The van der Waals surface area contributed by atoms with Gasteiger partial charge in [-0.2, -0.15) is 0 Å². The van der Waals surface area contributed by atoms with Gasteiger partial charge in [0.15, 0.2) is 0 Å². The molecule has 0 aliphatic heterocycles. The fourth-order valence-corrected chi connectivity index (χ4v) is 2.25. The summed E-state index contributed by atoms with van der Waals surface area (Å²) in [5.41, 5.74) is 4.29. The predicted octanol–water partition coefficient (Wildman–Crippen LogP) is 2.36. The molecule has 1 aromatic rings. The largest absolute Gasteiger partial charge is 0.396 e. The molecule has 0 radical (unpaired) electrons. The molecule has 0 amide bonds. The van der Waals surface area contributed by atoms with Crippen LogP contribution < -0.4 is 5.32 Å². The molecule has 0 bridgehead atoms. The monoisotopic (exact) mass is 205 g/mol. The minimum Gasteiger partial charge on any atom is -0.396 e. The van der Waals surface area contributed by atoms with Crippen molar-refractivity contribution in [2.75, 3.05) is 18.5 Å². The van der Waals surface area contributed by atoms with E-state index in [4.69, 9.17) is 5.11 Å². The Labute approximate surface area is 91.3 Å². The van der Waals surface area contributed by atoms with Crippen LogP contribution in [-0.2, 0) is 12.8 Å². The van der Waals surface area contributed by atoms with Gasteiger partial charge in [-0.25, -0.2) is 0 Å². The maximum Gasteiger partial charge on any atom is 0.0447 e. The Balaban J connectivity index is 2.09. The molecule has 1 aliphatic carbocycles. The van der Waals surface area contributed by atoms with Gasteiger partial charge in [-0.05, 0) is 49.3 Å². The van der Waals surface area contributed by atoms with Crippen LogP contribution in [0.5, 0.6) is 0 Å². The van der Waals surface area contributed by atoms with Crippen molar-refractivity contribution < 1.29 is 5.11 Å². The van der Waals surface area contributed by atoms with Crippen molar-refractivity contribution in [1.82, 2.24) is 0 Å². The van der Waals surface area contributed by atoms with Crippen LogP contribution >= 0.6 is 0 Å². The first-order valence-electron chi connectivity index (χ1n) is 5.87. The molecule has 1 aliphatic rings. The molecule has 0 saturated carbocycles. The Morgan fingerprint density at radius 1 is 1.20 bits per heavy atom. The number of anilines is 1. The molecule has 0 fully saturated rings. The predicted molar refractivity (Wildman–Crippen MR) is 63.3 cm³/mol. The standard InChI is InChI=1S/C13H19NO/c15-10-4-9-14-13-8-3-6-11-5-1-2-7-12(11)13/h3,6,8,14-15H,1-2,4-5,7,9-10H2. The summed E-state index contributed by atoms with van der Waals surface area (Å²) < 4.78 is 0. The number of aliphatic hydroxyl groups is 1. The van der Waals surface area contributed by atoms with Crippen molar-refractivity contribution >= 4 is 5.69 Å². The lowest BCUT2D eigenvalue weighted by Crippen LogP contribution is -2.10. The third kappa shape index (κ3) is 2.51. The van der Waals surface area contributed by atoms with Gasteiger partial charge in [0.1, 0.15) is 0 Å². The Kier molecular flexibility index (Phi) is 3.62. The van der Waals surface area contributed by atoms with E-state index < -0.39 is 0 Å². The molecule has 0 unspecified atom stereocenters. The van der Waals surface area contributed by atoms with Crippen molar-refractivity contribution in [1.29, 1.82) is 0 Å². The summed E-state index contributed by atoms with van der Waals surface area (Å²) in [6.45, 7) is 1.13. The molecule has 0 saturated heterocycles. The smallest absolute Gasteiger partial charge is 0.0447 e. The van der Waals surface area contributed by atoms with Gasteiger partial charge in [-0.15, -0.1) is 0 Å². The summed E-state index contributed by atoms with van der Waals surface area (Å²) in [5.74, 6) is 0. The summed E-state index contributed by atoms with van der Waals surface area (Å²) >= 11 is 0. The van der Waals surface area contributed by atoms with Crippen LogP contribution in [0.3, 0.4) is 0 Å². The number of fused-ring (bicyclic) bond motifs is 1. The Morgan fingerprint density at radius 3 is 2.93 bits per heavy atom. The lowest BCUT2D eigenvalue weighted by molar-refractivity contribution is 0.292. The molecule has 15 heavy (non-hydrogen) atoms. The topological polar surface area (TPSA) is 32.3 Å². The van der Waals surface area contributed by atoms with Crippen molar-refractivity contribution in [2.45, 2.75) is 32.1 Å². The zero-order valence-corrected chi connectivity index (χ0v) is 9.13. The number of rotatable bonds is 4. The highest BCUT2D eigenvalue weighted by atomic mass is 16.3. The van der Waals surface area contributed by atoms with E-state index in [1.807, 2.05) is 0 Å². The maximum absolute atomic E-state index is 8.74. The van der Waals surface area contributed by atoms with Crippen LogP contribution in [0.25, 0.3) is 0 Å². The van der Waals surface area contributed by atoms with Crippen molar-refractivity contribution in [3.63, 3.8) is 0 Å². The van der Waals surface area contributed by atoms with Gasteiger partial charge < -0.3 is 10.4 Å². The van der Waals surface area contributed by atoms with Crippen LogP contribution in [0.2, 0.25) is 0 Å². The minimum absolute atomic E-state index is 0.266. The average molecular weight is 205 g/mol. The number of nitrogens with one attached hydrogen (secondary N) is 1. The quantitative estimate of drug-likeness (QED) is 0.740. The molecule has 2 heteroatoms. The number of hydrogen-bond donors (Lipinski definition) is 2. The highest BCUT2D eigenvalue weighted by Gasteiger charge is 2.11. The second-order valence-corrected chi connectivity index (χ2v) is 4.15. The van der Waals surface area contributed by atoms with Gasteiger partial charge in [-0.3, -0.25) is 0 Å². The molecule has 0 aromatic heterocycles. The lowest BCUT2D eigenvalue weighted by atomic mass is 9.90. The third-order valence-electron chi connectivity index (χ3n) is 3.05. The first-order valence-corrected chi connectivity index (χ1v) is 5.87. The second-order valence-electron chi connectivity index (χ2n) is 4.15. The number of aliphatic hydroxyl groups excluding tert-OH is 1. The summed E-state index contributed by atoms with van der Waals surface area (Å²) in [6, 6.07) is 6.53. The molecule has 2 N–H and O–H groups in total. The van der Waals surface area contributed by atoms with Gasteiger partial charge >= 0.3 is 0 Å². The third-order valence-corrected chi connectivity index (χ3v) is 3.05. The molecule has 2 rings (SSSR count). The van der Waals surface area contributed by atoms with E-state index in [2.05, 4.69) is 23.5 Å². The highest BCUT2D eigenvalue weighted by molar-refractivity contribution is 5.55. The van der Waals surface area contributed by atoms with Gasteiger partial charge in [0.25, 0.3) is 0 Å². The first kappa shape index (κ1) is 10.5. The zero-order chi connectivity index (χ0) is 10.5. The summed E-state index contributed by atoms with van der Waals surface area (Å²) in [7, 11) is 0. The average Bonchev–Trinajstić information content (AvgIpc) is 2.30.